The highest BCUT2D eigenvalue weighted by atomic mass is 16.3. The molecule has 0 spiro atoms. The number of phenols is 1. The highest BCUT2D eigenvalue weighted by Gasteiger charge is 2.14. The summed E-state index contributed by atoms with van der Waals surface area (Å²) >= 11 is 0. The lowest BCUT2D eigenvalue weighted by Crippen LogP contribution is -1.92. The number of aromatic amines is 1. The van der Waals surface area contributed by atoms with Crippen LogP contribution < -0.4 is 0 Å². The molecule has 0 unspecified atom stereocenters. The maximum Gasteiger partial charge on any atom is 0.161 e. The van der Waals surface area contributed by atoms with E-state index in [9.17, 15) is 5.11 Å². The Balaban J connectivity index is 2.00. The molecule has 2 aromatic heterocycles. The lowest BCUT2D eigenvalue weighted by atomic mass is 10.0. The van der Waals surface area contributed by atoms with Crippen LogP contribution in [0.2, 0.25) is 0 Å². The molecule has 2 heterocycles. The van der Waals surface area contributed by atoms with Crippen LogP contribution in [-0.2, 0) is 0 Å². The molecule has 0 aliphatic rings. The van der Waals surface area contributed by atoms with E-state index >= 15 is 0 Å². The van der Waals surface area contributed by atoms with Gasteiger partial charge in [0.1, 0.15) is 5.75 Å². The van der Waals surface area contributed by atoms with Gasteiger partial charge in [-0.1, -0.05) is 18.2 Å². The minimum Gasteiger partial charge on any atom is -0.507 e. The zero-order chi connectivity index (χ0) is 16.0. The van der Waals surface area contributed by atoms with Gasteiger partial charge >= 0.3 is 0 Å². The smallest absolute Gasteiger partial charge is 0.161 e. The molecule has 4 rings (SSSR count). The van der Waals surface area contributed by atoms with E-state index in [-0.39, 0.29) is 5.75 Å². The van der Waals surface area contributed by atoms with Gasteiger partial charge in [0.25, 0.3) is 0 Å². The van der Waals surface area contributed by atoms with Gasteiger partial charge < -0.3 is 10.1 Å². The summed E-state index contributed by atoms with van der Waals surface area (Å²) in [6.07, 6.45) is 0. The zero-order valence-corrected chi connectivity index (χ0v) is 12.3. The first-order chi connectivity index (χ1) is 11.2. The molecule has 0 fully saturated rings. The van der Waals surface area contributed by atoms with Crippen molar-refractivity contribution in [1.82, 2.24) is 15.2 Å². The SMILES string of the molecule is Cc1cc(C#N)cc(O)c1-c1cc2c(nn1)[nH]c1ccccc12. The van der Waals surface area contributed by atoms with Crippen molar-refractivity contribution in [2.75, 3.05) is 0 Å². The van der Waals surface area contributed by atoms with Crippen LogP contribution in [0, 0.1) is 18.3 Å². The number of benzene rings is 2. The number of para-hydroxylation sites is 1. The van der Waals surface area contributed by atoms with Crippen LogP contribution in [0.15, 0.2) is 42.5 Å². The summed E-state index contributed by atoms with van der Waals surface area (Å²) in [7, 11) is 0. The average Bonchev–Trinajstić information content (AvgIpc) is 2.92. The number of rotatable bonds is 1. The Hall–Kier alpha value is -3.39. The first kappa shape index (κ1) is 13.3. The van der Waals surface area contributed by atoms with Crippen LogP contribution >= 0.6 is 0 Å². The Bertz CT molecular complexity index is 1080. The lowest BCUT2D eigenvalue weighted by molar-refractivity contribution is 0.476. The molecule has 23 heavy (non-hydrogen) atoms. The van der Waals surface area contributed by atoms with Gasteiger partial charge in [-0.2, -0.15) is 5.26 Å². The third-order valence-corrected chi connectivity index (χ3v) is 3.96. The molecular formula is C18H12N4O. The van der Waals surface area contributed by atoms with Crippen molar-refractivity contribution in [3.05, 3.63) is 53.6 Å². The van der Waals surface area contributed by atoms with E-state index in [1.54, 1.807) is 6.07 Å². The molecule has 0 radical (unpaired) electrons. The number of nitrogens with one attached hydrogen (secondary N) is 1. The van der Waals surface area contributed by atoms with E-state index in [1.807, 2.05) is 43.3 Å². The fourth-order valence-electron chi connectivity index (χ4n) is 2.93. The van der Waals surface area contributed by atoms with Crippen molar-refractivity contribution >= 4 is 21.9 Å². The normalized spacial score (nSPS) is 11.0. The van der Waals surface area contributed by atoms with Crippen molar-refractivity contribution in [3.8, 4) is 23.1 Å². The number of nitrogens with zero attached hydrogens (tertiary/aromatic N) is 3. The largest absolute Gasteiger partial charge is 0.507 e. The van der Waals surface area contributed by atoms with Crippen LogP contribution in [-0.4, -0.2) is 20.3 Å². The minimum atomic E-state index is 0.0371. The quantitative estimate of drug-likeness (QED) is 0.561. The van der Waals surface area contributed by atoms with Gasteiger partial charge in [0.15, 0.2) is 5.65 Å². The molecule has 0 amide bonds. The van der Waals surface area contributed by atoms with Crippen LogP contribution in [0.25, 0.3) is 33.2 Å². The van der Waals surface area contributed by atoms with Gasteiger partial charge in [0.05, 0.1) is 17.3 Å². The molecule has 0 atom stereocenters. The molecule has 0 saturated heterocycles. The molecule has 5 heteroatoms. The van der Waals surface area contributed by atoms with Gasteiger partial charge in [0.2, 0.25) is 0 Å². The van der Waals surface area contributed by atoms with E-state index in [0.29, 0.717) is 22.5 Å². The Kier molecular flexibility index (Phi) is 2.78. The van der Waals surface area contributed by atoms with Crippen molar-refractivity contribution in [2.24, 2.45) is 0 Å². The summed E-state index contributed by atoms with van der Waals surface area (Å²) in [6.45, 7) is 1.84. The highest BCUT2D eigenvalue weighted by Crippen LogP contribution is 2.34. The molecular weight excluding hydrogens is 288 g/mol. The number of phenolic OH excluding ortho intramolecular Hbond substituents is 1. The zero-order valence-electron chi connectivity index (χ0n) is 12.3. The van der Waals surface area contributed by atoms with E-state index in [4.69, 9.17) is 5.26 Å². The molecule has 2 N–H and O–H groups in total. The second-order valence-corrected chi connectivity index (χ2v) is 5.46. The summed E-state index contributed by atoms with van der Waals surface area (Å²) in [4.78, 5) is 3.22. The molecule has 5 nitrogen and oxygen atoms in total. The van der Waals surface area contributed by atoms with Gasteiger partial charge in [0, 0.05) is 21.9 Å². The number of aromatic hydroxyl groups is 1. The van der Waals surface area contributed by atoms with Gasteiger partial charge in [-0.3, -0.25) is 0 Å². The first-order valence-electron chi connectivity index (χ1n) is 7.15. The summed E-state index contributed by atoms with van der Waals surface area (Å²) in [6, 6.07) is 15.1. The lowest BCUT2D eigenvalue weighted by Gasteiger charge is -2.08. The van der Waals surface area contributed by atoms with Crippen LogP contribution in [0.5, 0.6) is 5.75 Å². The number of nitriles is 1. The Morgan fingerprint density at radius 3 is 2.70 bits per heavy atom. The second kappa shape index (κ2) is 4.82. The van der Waals surface area contributed by atoms with Crippen LogP contribution in [0.4, 0.5) is 0 Å². The number of hydrogen-bond acceptors (Lipinski definition) is 4. The van der Waals surface area contributed by atoms with Crippen molar-refractivity contribution < 1.29 is 5.11 Å². The molecule has 0 aliphatic heterocycles. The number of aryl methyl sites for hydroxylation is 1. The average molecular weight is 300 g/mol. The van der Waals surface area contributed by atoms with Crippen LogP contribution in [0.1, 0.15) is 11.1 Å². The van der Waals surface area contributed by atoms with E-state index in [1.165, 1.54) is 6.07 Å². The molecule has 2 aromatic carbocycles. The standard InChI is InChI=1S/C18H12N4O/c1-10-6-11(9-19)7-16(23)17(10)15-8-13-12-4-2-3-5-14(12)20-18(13)22-21-15/h2-8,23H,1H3,(H,20,22). The van der Waals surface area contributed by atoms with E-state index < -0.39 is 0 Å². The summed E-state index contributed by atoms with van der Waals surface area (Å²) < 4.78 is 0. The monoisotopic (exact) mass is 300 g/mol. The van der Waals surface area contributed by atoms with E-state index in [0.717, 1.165) is 21.9 Å². The minimum absolute atomic E-state index is 0.0371. The molecule has 0 bridgehead atoms. The third kappa shape index (κ3) is 2.00. The predicted octanol–water partition coefficient (Wildman–Crippen LogP) is 3.66. The number of H-pyrrole nitrogens is 1. The Morgan fingerprint density at radius 2 is 1.91 bits per heavy atom. The van der Waals surface area contributed by atoms with Gasteiger partial charge in [-0.05, 0) is 36.8 Å². The predicted molar refractivity (Wildman–Crippen MR) is 87.9 cm³/mol. The van der Waals surface area contributed by atoms with Crippen molar-refractivity contribution in [3.63, 3.8) is 0 Å². The summed E-state index contributed by atoms with van der Waals surface area (Å²) in [5.41, 5.74) is 4.10. The topological polar surface area (TPSA) is 85.6 Å². The number of hydrogen-bond donors (Lipinski definition) is 2. The van der Waals surface area contributed by atoms with Crippen LogP contribution in [0.3, 0.4) is 0 Å². The first-order valence-corrected chi connectivity index (χ1v) is 7.15. The molecule has 4 aromatic rings. The van der Waals surface area contributed by atoms with Crippen molar-refractivity contribution in [1.29, 1.82) is 5.26 Å². The summed E-state index contributed by atoms with van der Waals surface area (Å²) in [5.74, 6) is 0.0371. The Labute approximate surface area is 131 Å². The second-order valence-electron chi connectivity index (χ2n) is 5.46. The maximum atomic E-state index is 10.3. The fourth-order valence-corrected chi connectivity index (χ4v) is 2.93. The highest BCUT2D eigenvalue weighted by molar-refractivity contribution is 6.06. The summed E-state index contributed by atoms with van der Waals surface area (Å²) in [5, 5.41) is 29.7. The third-order valence-electron chi connectivity index (χ3n) is 3.96. The van der Waals surface area contributed by atoms with Gasteiger partial charge in [-0.15, -0.1) is 10.2 Å². The number of aromatic nitrogens is 3. The Morgan fingerprint density at radius 1 is 1.09 bits per heavy atom. The van der Waals surface area contributed by atoms with Crippen molar-refractivity contribution in [2.45, 2.75) is 6.92 Å². The molecule has 0 saturated carbocycles. The maximum absolute atomic E-state index is 10.3. The molecule has 110 valence electrons. The van der Waals surface area contributed by atoms with Gasteiger partial charge in [-0.25, -0.2) is 0 Å². The fraction of sp³-hybridized carbons (Fsp3) is 0.0556. The van der Waals surface area contributed by atoms with E-state index in [2.05, 4.69) is 15.2 Å². The number of fused-ring (bicyclic) bond motifs is 3. The molecule has 0 aliphatic carbocycles.